The van der Waals surface area contributed by atoms with E-state index < -0.39 is 0 Å². The number of likely N-dealkylation sites (N-methyl/N-ethyl adjacent to an activating group) is 1. The molecule has 152 valence electrons. The first-order chi connectivity index (χ1) is 13.6. The molecule has 7 heteroatoms. The van der Waals surface area contributed by atoms with E-state index in [2.05, 4.69) is 28.2 Å². The first-order valence-electron chi connectivity index (χ1n) is 9.31. The van der Waals surface area contributed by atoms with E-state index in [1.807, 2.05) is 31.3 Å². The SMILES string of the molecule is CCNC(=NCc1cccnc1OC)N(C)CCc1ccc(OC)c(OC)c1. The quantitative estimate of drug-likeness (QED) is 0.528. The van der Waals surface area contributed by atoms with Crippen LogP contribution in [0.5, 0.6) is 17.4 Å². The molecule has 0 saturated carbocycles. The number of rotatable bonds is 9. The van der Waals surface area contributed by atoms with Gasteiger partial charge >= 0.3 is 0 Å². The normalized spacial score (nSPS) is 11.1. The molecule has 7 nitrogen and oxygen atoms in total. The maximum absolute atomic E-state index is 5.39. The van der Waals surface area contributed by atoms with Crippen LogP contribution in [0.3, 0.4) is 0 Å². The second kappa shape index (κ2) is 11.0. The number of nitrogens with zero attached hydrogens (tertiary/aromatic N) is 3. The Morgan fingerprint density at radius 1 is 1.11 bits per heavy atom. The number of aliphatic imine (C=N–C) groups is 1. The van der Waals surface area contributed by atoms with Crippen molar-refractivity contribution in [2.75, 3.05) is 41.5 Å². The molecular formula is C21H30N4O3. The molecule has 0 aliphatic heterocycles. The van der Waals surface area contributed by atoms with Crippen LogP contribution in [0.4, 0.5) is 0 Å². The monoisotopic (exact) mass is 386 g/mol. The molecule has 0 bridgehead atoms. The standard InChI is InChI=1S/C21H30N4O3/c1-6-22-21(24-15-17-8-7-12-23-20(17)28-5)25(2)13-11-16-9-10-18(26-3)19(14-16)27-4/h7-10,12,14H,6,11,13,15H2,1-5H3,(H,22,24). The van der Waals surface area contributed by atoms with Gasteiger partial charge in [0.1, 0.15) is 0 Å². The highest BCUT2D eigenvalue weighted by molar-refractivity contribution is 5.79. The third kappa shape index (κ3) is 5.77. The highest BCUT2D eigenvalue weighted by Gasteiger charge is 2.09. The molecule has 0 fully saturated rings. The van der Waals surface area contributed by atoms with Crippen LogP contribution < -0.4 is 19.5 Å². The summed E-state index contributed by atoms with van der Waals surface area (Å²) < 4.78 is 16.0. The van der Waals surface area contributed by atoms with Crippen molar-refractivity contribution in [1.29, 1.82) is 0 Å². The zero-order valence-electron chi connectivity index (χ0n) is 17.4. The van der Waals surface area contributed by atoms with Gasteiger partial charge in [0, 0.05) is 31.9 Å². The fourth-order valence-corrected chi connectivity index (χ4v) is 2.80. The lowest BCUT2D eigenvalue weighted by atomic mass is 10.1. The molecule has 28 heavy (non-hydrogen) atoms. The lowest BCUT2D eigenvalue weighted by Gasteiger charge is -2.22. The maximum atomic E-state index is 5.39. The zero-order chi connectivity index (χ0) is 20.4. The van der Waals surface area contributed by atoms with Crippen LogP contribution in [-0.4, -0.2) is 57.3 Å². The topological polar surface area (TPSA) is 68.2 Å². The van der Waals surface area contributed by atoms with Gasteiger partial charge in [0.25, 0.3) is 0 Å². The third-order valence-corrected chi connectivity index (χ3v) is 4.32. The van der Waals surface area contributed by atoms with Gasteiger partial charge in [0.05, 0.1) is 27.9 Å². The number of hydrogen-bond donors (Lipinski definition) is 1. The average Bonchev–Trinajstić information content (AvgIpc) is 2.74. The minimum atomic E-state index is 0.500. The molecule has 0 atom stereocenters. The lowest BCUT2D eigenvalue weighted by molar-refractivity contribution is 0.354. The second-order valence-corrected chi connectivity index (χ2v) is 6.20. The van der Waals surface area contributed by atoms with Crippen LogP contribution in [0.1, 0.15) is 18.1 Å². The molecule has 1 N–H and O–H groups in total. The molecule has 0 unspecified atom stereocenters. The number of benzene rings is 1. The fourth-order valence-electron chi connectivity index (χ4n) is 2.80. The molecule has 1 heterocycles. The largest absolute Gasteiger partial charge is 0.493 e. The third-order valence-electron chi connectivity index (χ3n) is 4.32. The maximum Gasteiger partial charge on any atom is 0.218 e. The minimum absolute atomic E-state index is 0.500. The van der Waals surface area contributed by atoms with E-state index in [1.54, 1.807) is 27.5 Å². The predicted octanol–water partition coefficient (Wildman–Crippen LogP) is 2.75. The van der Waals surface area contributed by atoms with E-state index in [4.69, 9.17) is 19.2 Å². The van der Waals surface area contributed by atoms with Crippen molar-refractivity contribution in [1.82, 2.24) is 15.2 Å². The van der Waals surface area contributed by atoms with Crippen molar-refractivity contribution in [3.63, 3.8) is 0 Å². The molecule has 2 aromatic rings. The molecule has 0 spiro atoms. The molecule has 1 aromatic carbocycles. The summed E-state index contributed by atoms with van der Waals surface area (Å²) >= 11 is 0. The van der Waals surface area contributed by atoms with Gasteiger partial charge < -0.3 is 24.4 Å². The van der Waals surface area contributed by atoms with E-state index in [0.717, 1.165) is 42.5 Å². The summed E-state index contributed by atoms with van der Waals surface area (Å²) in [6, 6.07) is 9.86. The van der Waals surface area contributed by atoms with E-state index in [9.17, 15) is 0 Å². The van der Waals surface area contributed by atoms with Gasteiger partial charge in [-0.3, -0.25) is 0 Å². The molecular weight excluding hydrogens is 356 g/mol. The molecule has 1 aromatic heterocycles. The lowest BCUT2D eigenvalue weighted by Crippen LogP contribution is -2.40. The van der Waals surface area contributed by atoms with Crippen molar-refractivity contribution in [2.24, 2.45) is 4.99 Å². The number of ether oxygens (including phenoxy) is 3. The van der Waals surface area contributed by atoms with Crippen molar-refractivity contribution in [3.8, 4) is 17.4 Å². The van der Waals surface area contributed by atoms with Crippen LogP contribution >= 0.6 is 0 Å². The van der Waals surface area contributed by atoms with Crippen LogP contribution in [0.25, 0.3) is 0 Å². The average molecular weight is 386 g/mol. The van der Waals surface area contributed by atoms with Gasteiger partial charge in [-0.25, -0.2) is 9.98 Å². The van der Waals surface area contributed by atoms with Gasteiger partial charge in [-0.2, -0.15) is 0 Å². The second-order valence-electron chi connectivity index (χ2n) is 6.20. The summed E-state index contributed by atoms with van der Waals surface area (Å²) in [5.74, 6) is 2.93. The number of aromatic nitrogens is 1. The molecule has 2 rings (SSSR count). The Balaban J connectivity index is 2.05. The molecule has 0 saturated heterocycles. The highest BCUT2D eigenvalue weighted by atomic mass is 16.5. The van der Waals surface area contributed by atoms with Crippen molar-refractivity contribution >= 4 is 5.96 Å². The Morgan fingerprint density at radius 2 is 1.89 bits per heavy atom. The van der Waals surface area contributed by atoms with Crippen LogP contribution in [0, 0.1) is 0 Å². The van der Waals surface area contributed by atoms with Gasteiger partial charge in [-0.05, 0) is 37.1 Å². The Labute approximate surface area is 167 Å². The number of pyridine rings is 1. The van der Waals surface area contributed by atoms with E-state index in [-0.39, 0.29) is 0 Å². The molecule has 0 radical (unpaired) electrons. The molecule has 0 amide bonds. The van der Waals surface area contributed by atoms with E-state index >= 15 is 0 Å². The first kappa shape index (κ1) is 21.3. The van der Waals surface area contributed by atoms with Crippen LogP contribution in [0.2, 0.25) is 0 Å². The zero-order valence-corrected chi connectivity index (χ0v) is 17.4. The number of methoxy groups -OCH3 is 3. The Morgan fingerprint density at radius 3 is 2.57 bits per heavy atom. The Hall–Kier alpha value is -2.96. The van der Waals surface area contributed by atoms with Crippen LogP contribution in [-0.2, 0) is 13.0 Å². The number of nitrogens with one attached hydrogen (secondary N) is 1. The predicted molar refractivity (Wildman–Crippen MR) is 111 cm³/mol. The highest BCUT2D eigenvalue weighted by Crippen LogP contribution is 2.27. The Kier molecular flexibility index (Phi) is 8.39. The van der Waals surface area contributed by atoms with E-state index in [1.165, 1.54) is 5.56 Å². The fraction of sp³-hybridized carbons (Fsp3) is 0.429. The summed E-state index contributed by atoms with van der Waals surface area (Å²) in [4.78, 5) is 11.1. The van der Waals surface area contributed by atoms with Crippen molar-refractivity contribution < 1.29 is 14.2 Å². The summed E-state index contributed by atoms with van der Waals surface area (Å²) in [5, 5.41) is 3.34. The summed E-state index contributed by atoms with van der Waals surface area (Å²) in [5.41, 5.74) is 2.13. The molecule has 0 aliphatic carbocycles. The van der Waals surface area contributed by atoms with Gasteiger partial charge in [-0.1, -0.05) is 12.1 Å². The first-order valence-corrected chi connectivity index (χ1v) is 9.31. The van der Waals surface area contributed by atoms with Gasteiger partial charge in [-0.15, -0.1) is 0 Å². The summed E-state index contributed by atoms with van der Waals surface area (Å²) in [7, 11) is 6.94. The smallest absolute Gasteiger partial charge is 0.218 e. The van der Waals surface area contributed by atoms with Crippen LogP contribution in [0.15, 0.2) is 41.5 Å². The van der Waals surface area contributed by atoms with Crippen molar-refractivity contribution in [3.05, 3.63) is 47.7 Å². The van der Waals surface area contributed by atoms with E-state index in [0.29, 0.717) is 12.4 Å². The summed E-state index contributed by atoms with van der Waals surface area (Å²) in [6.07, 6.45) is 2.57. The van der Waals surface area contributed by atoms with Gasteiger partial charge in [0.2, 0.25) is 5.88 Å². The molecule has 0 aliphatic rings. The minimum Gasteiger partial charge on any atom is -0.493 e. The van der Waals surface area contributed by atoms with Gasteiger partial charge in [0.15, 0.2) is 17.5 Å². The summed E-state index contributed by atoms with van der Waals surface area (Å²) in [6.45, 7) is 4.16. The number of hydrogen-bond acceptors (Lipinski definition) is 5. The van der Waals surface area contributed by atoms with Crippen molar-refractivity contribution in [2.45, 2.75) is 19.9 Å². The number of guanidine groups is 1. The Bertz CT molecular complexity index is 780.